The molecule has 0 bridgehead atoms. The number of rotatable bonds is 3. The molecule has 0 amide bonds. The van der Waals surface area contributed by atoms with Crippen LogP contribution in [0.25, 0.3) is 0 Å². The summed E-state index contributed by atoms with van der Waals surface area (Å²) in [7, 11) is 0. The Balaban J connectivity index is 3.12. The Kier molecular flexibility index (Phi) is 4.85. The number of hydrogen-bond donors (Lipinski definition) is 1. The highest BCUT2D eigenvalue weighted by molar-refractivity contribution is 14.1. The molecule has 0 radical (unpaired) electrons. The van der Waals surface area contributed by atoms with Crippen molar-refractivity contribution < 1.29 is 0 Å². The number of nitrogens with zero attached hydrogens (tertiary/aromatic N) is 2. The summed E-state index contributed by atoms with van der Waals surface area (Å²) in [6.45, 7) is 8.57. The number of nitrogen functional groups attached to an aromatic ring is 1. The molecular weight excluding hydrogens is 333 g/mol. The van der Waals surface area contributed by atoms with Gasteiger partial charge in [0.25, 0.3) is 0 Å². The van der Waals surface area contributed by atoms with E-state index in [1.807, 2.05) is 11.8 Å². The molecule has 0 unspecified atom stereocenters. The minimum absolute atomic E-state index is 0.0131. The molecule has 16 heavy (non-hydrogen) atoms. The molecule has 0 aliphatic rings. The minimum atomic E-state index is 0.0131. The SMILES string of the molecule is CCSCc1nc(N)c(I)c(C(C)(C)C)n1. The van der Waals surface area contributed by atoms with E-state index in [1.165, 1.54) is 0 Å². The van der Waals surface area contributed by atoms with Gasteiger partial charge in [-0.2, -0.15) is 11.8 Å². The van der Waals surface area contributed by atoms with Crippen LogP contribution in [0.3, 0.4) is 0 Å². The van der Waals surface area contributed by atoms with Gasteiger partial charge in [-0.3, -0.25) is 0 Å². The molecule has 1 rings (SSSR count). The summed E-state index contributed by atoms with van der Waals surface area (Å²) >= 11 is 4.04. The predicted molar refractivity (Wildman–Crippen MR) is 79.7 cm³/mol. The zero-order chi connectivity index (χ0) is 12.3. The summed E-state index contributed by atoms with van der Waals surface area (Å²) in [5.74, 6) is 3.35. The Morgan fingerprint density at radius 2 is 1.94 bits per heavy atom. The lowest BCUT2D eigenvalue weighted by molar-refractivity contribution is 0.560. The lowest BCUT2D eigenvalue weighted by Crippen LogP contribution is -2.19. The molecule has 0 spiro atoms. The lowest BCUT2D eigenvalue weighted by atomic mass is 9.92. The van der Waals surface area contributed by atoms with Gasteiger partial charge in [-0.15, -0.1) is 0 Å². The van der Waals surface area contributed by atoms with Crippen molar-refractivity contribution in [3.05, 3.63) is 15.1 Å². The summed E-state index contributed by atoms with van der Waals surface area (Å²) in [6, 6.07) is 0. The average Bonchev–Trinajstić information content (AvgIpc) is 2.17. The topological polar surface area (TPSA) is 51.8 Å². The Labute approximate surface area is 115 Å². The summed E-state index contributed by atoms with van der Waals surface area (Å²) in [4.78, 5) is 8.95. The maximum atomic E-state index is 5.92. The van der Waals surface area contributed by atoms with Gasteiger partial charge in [0.1, 0.15) is 11.6 Å². The Bertz CT molecular complexity index is 374. The summed E-state index contributed by atoms with van der Waals surface area (Å²) < 4.78 is 0.982. The van der Waals surface area contributed by atoms with Gasteiger partial charge in [-0.05, 0) is 28.3 Å². The highest BCUT2D eigenvalue weighted by atomic mass is 127. The normalized spacial score (nSPS) is 11.8. The molecule has 0 saturated carbocycles. The van der Waals surface area contributed by atoms with Crippen molar-refractivity contribution in [2.45, 2.75) is 38.9 Å². The molecular formula is C11H18IN3S. The van der Waals surface area contributed by atoms with Crippen molar-refractivity contribution in [2.24, 2.45) is 0 Å². The van der Waals surface area contributed by atoms with Crippen LogP contribution in [-0.4, -0.2) is 15.7 Å². The molecule has 2 N–H and O–H groups in total. The first-order valence-corrected chi connectivity index (χ1v) is 7.49. The number of anilines is 1. The number of aromatic nitrogens is 2. The summed E-state index contributed by atoms with van der Waals surface area (Å²) in [6.07, 6.45) is 0. The van der Waals surface area contributed by atoms with Crippen LogP contribution in [0.5, 0.6) is 0 Å². The van der Waals surface area contributed by atoms with Crippen molar-refractivity contribution in [3.8, 4) is 0 Å². The van der Waals surface area contributed by atoms with Gasteiger partial charge in [-0.1, -0.05) is 27.7 Å². The van der Waals surface area contributed by atoms with Crippen molar-refractivity contribution in [1.29, 1.82) is 0 Å². The van der Waals surface area contributed by atoms with Gasteiger partial charge in [-0.25, -0.2) is 9.97 Å². The lowest BCUT2D eigenvalue weighted by Gasteiger charge is -2.20. The fraction of sp³-hybridized carbons (Fsp3) is 0.636. The number of halogens is 1. The van der Waals surface area contributed by atoms with Crippen LogP contribution in [-0.2, 0) is 11.2 Å². The van der Waals surface area contributed by atoms with Crippen molar-refractivity contribution in [2.75, 3.05) is 11.5 Å². The molecule has 0 atom stereocenters. The molecule has 5 heteroatoms. The van der Waals surface area contributed by atoms with Crippen LogP contribution in [0.4, 0.5) is 5.82 Å². The molecule has 1 aromatic rings. The first kappa shape index (κ1) is 14.0. The molecule has 1 heterocycles. The van der Waals surface area contributed by atoms with E-state index in [4.69, 9.17) is 5.73 Å². The maximum absolute atomic E-state index is 5.92. The second-order valence-electron chi connectivity index (χ2n) is 4.57. The van der Waals surface area contributed by atoms with Gasteiger partial charge < -0.3 is 5.73 Å². The Hall–Kier alpha value is -0.0400. The summed E-state index contributed by atoms with van der Waals surface area (Å²) in [5, 5.41) is 0. The zero-order valence-corrected chi connectivity index (χ0v) is 13.1. The van der Waals surface area contributed by atoms with E-state index in [0.717, 1.165) is 26.6 Å². The van der Waals surface area contributed by atoms with E-state index in [0.29, 0.717) is 5.82 Å². The van der Waals surface area contributed by atoms with Crippen molar-refractivity contribution in [3.63, 3.8) is 0 Å². The minimum Gasteiger partial charge on any atom is -0.383 e. The molecule has 1 aromatic heterocycles. The second kappa shape index (κ2) is 5.53. The Morgan fingerprint density at radius 1 is 1.31 bits per heavy atom. The number of hydrogen-bond acceptors (Lipinski definition) is 4. The fourth-order valence-corrected chi connectivity index (χ4v) is 2.83. The molecule has 90 valence electrons. The first-order chi connectivity index (χ1) is 7.36. The number of thioether (sulfide) groups is 1. The highest BCUT2D eigenvalue weighted by Crippen LogP contribution is 2.28. The van der Waals surface area contributed by atoms with E-state index in [1.54, 1.807) is 0 Å². The van der Waals surface area contributed by atoms with Crippen LogP contribution in [0.15, 0.2) is 0 Å². The largest absolute Gasteiger partial charge is 0.383 e. The van der Waals surface area contributed by atoms with Gasteiger partial charge in [0, 0.05) is 5.41 Å². The van der Waals surface area contributed by atoms with E-state index in [2.05, 4.69) is 60.3 Å². The van der Waals surface area contributed by atoms with Gasteiger partial charge in [0.05, 0.1) is 15.0 Å². The first-order valence-electron chi connectivity index (χ1n) is 5.26. The molecule has 0 saturated heterocycles. The maximum Gasteiger partial charge on any atom is 0.140 e. The van der Waals surface area contributed by atoms with E-state index >= 15 is 0 Å². The second-order valence-corrected chi connectivity index (χ2v) is 6.93. The van der Waals surface area contributed by atoms with Crippen LogP contribution >= 0.6 is 34.4 Å². The van der Waals surface area contributed by atoms with E-state index < -0.39 is 0 Å². The van der Waals surface area contributed by atoms with Gasteiger partial charge >= 0.3 is 0 Å². The highest BCUT2D eigenvalue weighted by Gasteiger charge is 2.22. The van der Waals surface area contributed by atoms with Crippen LogP contribution < -0.4 is 5.73 Å². The third kappa shape index (κ3) is 3.48. The predicted octanol–water partition coefficient (Wildman–Crippen LogP) is 3.21. The summed E-state index contributed by atoms with van der Waals surface area (Å²) in [5.41, 5.74) is 6.98. The third-order valence-corrected chi connectivity index (χ3v) is 4.00. The van der Waals surface area contributed by atoms with E-state index in [-0.39, 0.29) is 5.41 Å². The number of nitrogens with two attached hydrogens (primary N) is 1. The molecule has 0 fully saturated rings. The van der Waals surface area contributed by atoms with Gasteiger partial charge in [0.2, 0.25) is 0 Å². The van der Waals surface area contributed by atoms with Crippen LogP contribution in [0, 0.1) is 3.57 Å². The molecule has 0 aromatic carbocycles. The standard InChI is InChI=1S/C11H18IN3S/c1-5-16-6-7-14-9(11(2,3)4)8(12)10(13)15-7/h5-6H2,1-4H3,(H2,13,14,15). The van der Waals surface area contributed by atoms with Crippen LogP contribution in [0.1, 0.15) is 39.2 Å². The van der Waals surface area contributed by atoms with E-state index in [9.17, 15) is 0 Å². The smallest absolute Gasteiger partial charge is 0.140 e. The average molecular weight is 351 g/mol. The third-order valence-electron chi connectivity index (χ3n) is 2.07. The van der Waals surface area contributed by atoms with Gasteiger partial charge in [0.15, 0.2) is 0 Å². The van der Waals surface area contributed by atoms with Crippen molar-refractivity contribution in [1.82, 2.24) is 9.97 Å². The fourth-order valence-electron chi connectivity index (χ4n) is 1.27. The zero-order valence-electron chi connectivity index (χ0n) is 10.2. The van der Waals surface area contributed by atoms with Crippen LogP contribution in [0.2, 0.25) is 0 Å². The monoisotopic (exact) mass is 351 g/mol. The molecule has 0 aliphatic carbocycles. The molecule has 0 aliphatic heterocycles. The van der Waals surface area contributed by atoms with Crippen molar-refractivity contribution >= 4 is 40.2 Å². The Morgan fingerprint density at radius 3 is 2.44 bits per heavy atom. The quantitative estimate of drug-likeness (QED) is 0.850. The molecule has 3 nitrogen and oxygen atoms in total.